The van der Waals surface area contributed by atoms with Crippen LogP contribution in [0.3, 0.4) is 0 Å². The number of aryl methyl sites for hydroxylation is 2. The molecular formula is C48H33F3N4. The van der Waals surface area contributed by atoms with E-state index >= 15 is 0 Å². The average Bonchev–Trinajstić information content (AvgIpc) is 3.54. The first-order valence-electron chi connectivity index (χ1n) is 18.0. The minimum absolute atomic E-state index is 0.346. The van der Waals surface area contributed by atoms with Crippen LogP contribution in [0.25, 0.3) is 83.9 Å². The van der Waals surface area contributed by atoms with Crippen molar-refractivity contribution in [3.63, 3.8) is 0 Å². The zero-order valence-electron chi connectivity index (χ0n) is 30.0. The predicted octanol–water partition coefficient (Wildman–Crippen LogP) is 12.9. The lowest BCUT2D eigenvalue weighted by Gasteiger charge is -2.16. The van der Waals surface area contributed by atoms with Crippen molar-refractivity contribution in [1.82, 2.24) is 19.5 Å². The molecule has 0 N–H and O–H groups in total. The third-order valence-electron chi connectivity index (χ3n) is 10.1. The van der Waals surface area contributed by atoms with Crippen molar-refractivity contribution in [2.24, 2.45) is 0 Å². The van der Waals surface area contributed by atoms with Crippen molar-refractivity contribution >= 4 is 21.8 Å². The summed E-state index contributed by atoms with van der Waals surface area (Å²) in [7, 11) is 0. The molecule has 0 aliphatic heterocycles. The number of fused-ring (bicyclic) bond motifs is 3. The van der Waals surface area contributed by atoms with Crippen LogP contribution in [0.15, 0.2) is 164 Å². The lowest BCUT2D eigenvalue weighted by atomic mass is 9.96. The van der Waals surface area contributed by atoms with Crippen LogP contribution in [0.2, 0.25) is 0 Å². The second-order valence-electron chi connectivity index (χ2n) is 13.7. The van der Waals surface area contributed by atoms with Crippen LogP contribution in [-0.4, -0.2) is 19.5 Å². The fourth-order valence-corrected chi connectivity index (χ4v) is 7.45. The van der Waals surface area contributed by atoms with E-state index in [0.717, 1.165) is 55.8 Å². The van der Waals surface area contributed by atoms with Gasteiger partial charge in [-0.15, -0.1) is 0 Å². The van der Waals surface area contributed by atoms with Gasteiger partial charge in [-0.2, -0.15) is 13.2 Å². The van der Waals surface area contributed by atoms with Crippen LogP contribution in [0.5, 0.6) is 0 Å². The molecule has 0 unspecified atom stereocenters. The van der Waals surface area contributed by atoms with E-state index in [9.17, 15) is 13.2 Å². The summed E-state index contributed by atoms with van der Waals surface area (Å²) in [4.78, 5) is 14.9. The summed E-state index contributed by atoms with van der Waals surface area (Å²) in [6.45, 7) is 4.22. The van der Waals surface area contributed by atoms with Crippen LogP contribution in [-0.2, 0) is 6.18 Å². The number of rotatable bonds is 6. The van der Waals surface area contributed by atoms with Gasteiger partial charge in [0.05, 0.1) is 16.6 Å². The van der Waals surface area contributed by atoms with Gasteiger partial charge in [0.15, 0.2) is 17.5 Å². The maximum absolute atomic E-state index is 14.1. The lowest BCUT2D eigenvalue weighted by Crippen LogP contribution is -2.05. The molecule has 0 atom stereocenters. The van der Waals surface area contributed by atoms with E-state index < -0.39 is 11.7 Å². The zero-order chi connectivity index (χ0) is 37.7. The maximum Gasteiger partial charge on any atom is 0.416 e. The number of para-hydroxylation sites is 1. The number of aromatic nitrogens is 4. The van der Waals surface area contributed by atoms with Gasteiger partial charge in [-0.1, -0.05) is 133 Å². The molecule has 55 heavy (non-hydrogen) atoms. The number of hydrogen-bond acceptors (Lipinski definition) is 3. The van der Waals surface area contributed by atoms with Gasteiger partial charge in [0.1, 0.15) is 0 Å². The molecule has 0 aliphatic carbocycles. The second kappa shape index (κ2) is 13.5. The SMILES string of the molecule is Cc1ccc(-c2ccc3c4ccccc4n(-c4ccc(-c5cccc(C(F)(F)F)c5)c(-c5nc(-c6ccccc6)nc(-c6ccccc6)n5)c4)c3c2)c(C)c1. The Balaban J connectivity index is 1.33. The predicted molar refractivity (Wildman–Crippen MR) is 216 cm³/mol. The van der Waals surface area contributed by atoms with Gasteiger partial charge in [0.25, 0.3) is 0 Å². The van der Waals surface area contributed by atoms with Crippen LogP contribution >= 0.6 is 0 Å². The summed E-state index contributed by atoms with van der Waals surface area (Å²) in [5, 5.41) is 2.18. The molecule has 0 saturated carbocycles. The highest BCUT2D eigenvalue weighted by atomic mass is 19.4. The van der Waals surface area contributed by atoms with Crippen LogP contribution in [0.1, 0.15) is 16.7 Å². The maximum atomic E-state index is 14.1. The number of halogens is 3. The summed E-state index contributed by atoms with van der Waals surface area (Å²) in [6.07, 6.45) is -4.51. The number of benzene rings is 7. The van der Waals surface area contributed by atoms with Gasteiger partial charge in [-0.05, 0) is 78.1 Å². The highest BCUT2D eigenvalue weighted by Crippen LogP contribution is 2.40. The van der Waals surface area contributed by atoms with E-state index in [2.05, 4.69) is 66.9 Å². The van der Waals surface area contributed by atoms with Gasteiger partial charge in [0, 0.05) is 33.2 Å². The molecule has 7 heteroatoms. The molecule has 0 saturated heterocycles. The van der Waals surface area contributed by atoms with Crippen molar-refractivity contribution < 1.29 is 13.2 Å². The molecule has 4 nitrogen and oxygen atoms in total. The van der Waals surface area contributed by atoms with E-state index in [0.29, 0.717) is 34.2 Å². The monoisotopic (exact) mass is 722 g/mol. The molecular weight excluding hydrogens is 690 g/mol. The quantitative estimate of drug-likeness (QED) is 0.172. The summed E-state index contributed by atoms with van der Waals surface area (Å²) < 4.78 is 44.5. The van der Waals surface area contributed by atoms with E-state index in [1.54, 1.807) is 6.07 Å². The summed E-state index contributed by atoms with van der Waals surface area (Å²) in [5.74, 6) is 1.26. The van der Waals surface area contributed by atoms with Gasteiger partial charge >= 0.3 is 6.18 Å². The molecule has 266 valence electrons. The van der Waals surface area contributed by atoms with Gasteiger partial charge in [0.2, 0.25) is 0 Å². The highest BCUT2D eigenvalue weighted by molar-refractivity contribution is 6.10. The lowest BCUT2D eigenvalue weighted by molar-refractivity contribution is -0.137. The minimum atomic E-state index is -4.51. The fourth-order valence-electron chi connectivity index (χ4n) is 7.45. The van der Waals surface area contributed by atoms with Gasteiger partial charge < -0.3 is 4.57 Å². The Labute approximate surface area is 316 Å². The average molecular weight is 723 g/mol. The number of alkyl halides is 3. The first-order valence-corrected chi connectivity index (χ1v) is 18.0. The molecule has 0 fully saturated rings. The van der Waals surface area contributed by atoms with Crippen molar-refractivity contribution in [2.45, 2.75) is 20.0 Å². The first-order chi connectivity index (χ1) is 26.7. The zero-order valence-corrected chi connectivity index (χ0v) is 30.0. The molecule has 0 spiro atoms. The molecule has 2 heterocycles. The Kier molecular flexibility index (Phi) is 8.35. The third kappa shape index (κ3) is 6.33. The van der Waals surface area contributed by atoms with E-state index in [1.807, 2.05) is 91.0 Å². The Morgan fingerprint density at radius 2 is 1.04 bits per heavy atom. The van der Waals surface area contributed by atoms with Crippen molar-refractivity contribution in [2.75, 3.05) is 0 Å². The topological polar surface area (TPSA) is 43.6 Å². The van der Waals surface area contributed by atoms with Crippen LogP contribution in [0, 0.1) is 13.8 Å². The molecule has 7 aromatic carbocycles. The normalized spacial score (nSPS) is 11.7. The number of hydrogen-bond donors (Lipinski definition) is 0. The van der Waals surface area contributed by atoms with Crippen LogP contribution in [0.4, 0.5) is 13.2 Å². The Morgan fingerprint density at radius 1 is 0.436 bits per heavy atom. The van der Waals surface area contributed by atoms with Crippen molar-refractivity contribution in [1.29, 1.82) is 0 Å². The molecule has 9 aromatic rings. The van der Waals surface area contributed by atoms with Crippen molar-refractivity contribution in [3.8, 4) is 62.1 Å². The second-order valence-corrected chi connectivity index (χ2v) is 13.7. The Bertz CT molecular complexity index is 2820. The minimum Gasteiger partial charge on any atom is -0.309 e. The first kappa shape index (κ1) is 33.9. The Hall–Kier alpha value is -6.86. The summed E-state index contributed by atoms with van der Waals surface area (Å²) in [6, 6.07) is 51.8. The Morgan fingerprint density at radius 3 is 1.73 bits per heavy atom. The fraction of sp³-hybridized carbons (Fsp3) is 0.0625. The van der Waals surface area contributed by atoms with Crippen LogP contribution < -0.4 is 0 Å². The number of nitrogens with zero attached hydrogens (tertiary/aromatic N) is 4. The summed E-state index contributed by atoms with van der Waals surface area (Å²) >= 11 is 0. The van der Waals surface area contributed by atoms with Crippen molar-refractivity contribution in [3.05, 3.63) is 180 Å². The molecule has 9 rings (SSSR count). The molecule has 0 aliphatic rings. The highest BCUT2D eigenvalue weighted by Gasteiger charge is 2.31. The molecule has 2 aromatic heterocycles. The third-order valence-corrected chi connectivity index (χ3v) is 10.1. The van der Waals surface area contributed by atoms with Gasteiger partial charge in [-0.25, -0.2) is 15.0 Å². The van der Waals surface area contributed by atoms with Gasteiger partial charge in [-0.3, -0.25) is 0 Å². The van der Waals surface area contributed by atoms with E-state index in [1.165, 1.54) is 23.3 Å². The summed E-state index contributed by atoms with van der Waals surface area (Å²) in [5.41, 5.74) is 9.85. The molecule has 0 amide bonds. The van der Waals surface area contributed by atoms with E-state index in [4.69, 9.17) is 15.0 Å². The van der Waals surface area contributed by atoms with E-state index in [-0.39, 0.29) is 0 Å². The molecule has 0 radical (unpaired) electrons. The smallest absolute Gasteiger partial charge is 0.309 e. The molecule has 0 bridgehead atoms. The standard InChI is InChI=1S/C48H33F3N4/c1-30-20-23-38(31(2)26-30)35-21-24-41-40-18-9-10-19-43(40)55(44(41)28-35)37-22-25-39(34-16-11-17-36(27-34)48(49,50)51)42(29-37)47-53-45(32-12-5-3-6-13-32)52-46(54-47)33-14-7-4-8-15-33/h3-29H,1-2H3. The largest absolute Gasteiger partial charge is 0.416 e.